The molecule has 0 amide bonds. The fourth-order valence-electron chi connectivity index (χ4n) is 2.69. The predicted molar refractivity (Wildman–Crippen MR) is 103 cm³/mol. The summed E-state index contributed by atoms with van der Waals surface area (Å²) in [7, 11) is 0. The molecule has 0 aromatic heterocycles. The van der Waals surface area contributed by atoms with E-state index in [2.05, 4.69) is 98.8 Å². The average molecular weight is 366 g/mol. The summed E-state index contributed by atoms with van der Waals surface area (Å²) < 4.78 is 0. The Bertz CT molecular complexity index is 729. The predicted octanol–water partition coefficient (Wildman–Crippen LogP) is 6.28. The molecule has 2 aromatic rings. The Kier molecular flexibility index (Phi) is 7.25. The van der Waals surface area contributed by atoms with Crippen LogP contribution >= 0.6 is 0 Å². The van der Waals surface area contributed by atoms with Crippen LogP contribution in [-0.2, 0) is 17.1 Å². The summed E-state index contributed by atoms with van der Waals surface area (Å²) in [6.45, 7) is 4.21. The van der Waals surface area contributed by atoms with E-state index in [0.29, 0.717) is 0 Å². The number of allylic oxidation sites excluding steroid dienone is 8. The molecule has 0 unspecified atom stereocenters. The summed E-state index contributed by atoms with van der Waals surface area (Å²) in [4.78, 5) is 0. The zero-order valence-corrected chi connectivity index (χ0v) is 15.8. The Morgan fingerprint density at radius 3 is 1.24 bits per heavy atom. The molecule has 2 aliphatic carbocycles. The van der Waals surface area contributed by atoms with Gasteiger partial charge in [-0.2, -0.15) is 23.3 Å². The number of aryl methyl sites for hydroxylation is 2. The van der Waals surface area contributed by atoms with Gasteiger partial charge < -0.3 is 0 Å². The van der Waals surface area contributed by atoms with Gasteiger partial charge >= 0.3 is 17.1 Å². The van der Waals surface area contributed by atoms with Gasteiger partial charge in [0.2, 0.25) is 0 Å². The molecule has 0 bridgehead atoms. The summed E-state index contributed by atoms with van der Waals surface area (Å²) in [5, 5.41) is 0. The van der Waals surface area contributed by atoms with Gasteiger partial charge in [0.1, 0.15) is 0 Å². The van der Waals surface area contributed by atoms with Crippen molar-refractivity contribution < 1.29 is 17.1 Å². The smallest absolute Gasteiger partial charge is 0.272 e. The van der Waals surface area contributed by atoms with Gasteiger partial charge in [-0.3, -0.25) is 12.2 Å². The van der Waals surface area contributed by atoms with E-state index in [1.54, 1.807) is 0 Å². The van der Waals surface area contributed by atoms with E-state index in [-0.39, 0.29) is 17.1 Å². The van der Waals surface area contributed by atoms with Crippen LogP contribution in [0.25, 0.3) is 11.1 Å². The maximum absolute atomic E-state index is 3.17. The van der Waals surface area contributed by atoms with Crippen LogP contribution in [0.1, 0.15) is 35.1 Å². The third-order valence-electron chi connectivity index (χ3n) is 4.16. The fourth-order valence-corrected chi connectivity index (χ4v) is 2.69. The van der Waals surface area contributed by atoms with E-state index in [4.69, 9.17) is 0 Å². The Balaban J connectivity index is 0.000000173. The average Bonchev–Trinajstić information content (AvgIpc) is 3.31. The van der Waals surface area contributed by atoms with Crippen LogP contribution in [0.15, 0.2) is 72.8 Å². The number of rotatable bonds is 2. The van der Waals surface area contributed by atoms with Gasteiger partial charge in [-0.25, -0.2) is 12.2 Å². The monoisotopic (exact) mass is 366 g/mol. The van der Waals surface area contributed by atoms with Crippen LogP contribution in [0.5, 0.6) is 0 Å². The first kappa shape index (κ1) is 19.2. The molecule has 0 fully saturated rings. The molecule has 0 N–H and O–H groups in total. The van der Waals surface area contributed by atoms with Gasteiger partial charge in [-0.1, -0.05) is 59.7 Å². The quantitative estimate of drug-likeness (QED) is 0.433. The van der Waals surface area contributed by atoms with Crippen molar-refractivity contribution in [3.8, 4) is 0 Å². The molecule has 0 heterocycles. The van der Waals surface area contributed by atoms with Crippen LogP contribution in [0.2, 0.25) is 0 Å². The summed E-state index contributed by atoms with van der Waals surface area (Å²) >= 11 is 0. The minimum Gasteiger partial charge on any atom is -0.272 e. The Hall–Kier alpha value is -2.08. The topological polar surface area (TPSA) is 0 Å². The van der Waals surface area contributed by atoms with Crippen molar-refractivity contribution >= 4 is 11.1 Å². The van der Waals surface area contributed by atoms with Crippen molar-refractivity contribution in [2.75, 3.05) is 0 Å². The minimum absolute atomic E-state index is 0. The van der Waals surface area contributed by atoms with Crippen molar-refractivity contribution in [3.63, 3.8) is 0 Å². The van der Waals surface area contributed by atoms with Crippen molar-refractivity contribution in [2.45, 2.75) is 26.7 Å². The second kappa shape index (κ2) is 9.42. The van der Waals surface area contributed by atoms with Gasteiger partial charge in [0.15, 0.2) is 0 Å². The molecule has 0 saturated heterocycles. The molecule has 2 aromatic carbocycles. The largest absolute Gasteiger partial charge is 2.00 e. The molecule has 0 spiro atoms. The maximum Gasteiger partial charge on any atom is 2.00 e. The van der Waals surface area contributed by atoms with Crippen LogP contribution < -0.4 is 0 Å². The molecular formula is C24H22Fe. The molecule has 0 nitrogen and oxygen atoms in total. The zero-order valence-electron chi connectivity index (χ0n) is 14.7. The van der Waals surface area contributed by atoms with Crippen LogP contribution in [0.3, 0.4) is 0 Å². The Morgan fingerprint density at radius 1 is 0.600 bits per heavy atom. The molecule has 1 heteroatoms. The summed E-state index contributed by atoms with van der Waals surface area (Å²) in [5.41, 5.74) is 7.82. The van der Waals surface area contributed by atoms with Crippen molar-refractivity contribution in [2.24, 2.45) is 0 Å². The molecule has 2 aliphatic rings. The normalized spacial score (nSPS) is 14.3. The van der Waals surface area contributed by atoms with Crippen molar-refractivity contribution in [3.05, 3.63) is 107 Å². The third-order valence-corrected chi connectivity index (χ3v) is 4.16. The molecule has 0 atom stereocenters. The molecule has 25 heavy (non-hydrogen) atoms. The summed E-state index contributed by atoms with van der Waals surface area (Å²) in [6, 6.07) is 17.2. The number of hydrogen-bond acceptors (Lipinski definition) is 0. The van der Waals surface area contributed by atoms with Crippen LogP contribution in [-0.4, -0.2) is 0 Å². The maximum atomic E-state index is 3.17. The second-order valence-electron chi connectivity index (χ2n) is 6.16. The first-order valence-corrected chi connectivity index (χ1v) is 8.40. The molecule has 0 aliphatic heterocycles. The van der Waals surface area contributed by atoms with Gasteiger partial charge in [-0.05, 0) is 13.8 Å². The van der Waals surface area contributed by atoms with Crippen molar-refractivity contribution in [1.29, 1.82) is 0 Å². The minimum atomic E-state index is 0. The zero-order chi connectivity index (χ0) is 16.8. The van der Waals surface area contributed by atoms with Gasteiger partial charge in [0.05, 0.1) is 0 Å². The first-order chi connectivity index (χ1) is 11.7. The summed E-state index contributed by atoms with van der Waals surface area (Å²) in [5.74, 6) is 0. The SMILES string of the molecule is Cc1ccc(C2=CC[C-]=C2)cc1.Cc1ccc(C2=CC[C-]=C2)cc1.[Fe+2]. The first-order valence-electron chi connectivity index (χ1n) is 8.40. The van der Waals surface area contributed by atoms with E-state index < -0.39 is 0 Å². The van der Waals surface area contributed by atoms with Gasteiger partial charge in [0, 0.05) is 0 Å². The number of hydrogen-bond donors (Lipinski definition) is 0. The Morgan fingerprint density at radius 2 is 0.960 bits per heavy atom. The van der Waals surface area contributed by atoms with Crippen LogP contribution in [0, 0.1) is 26.0 Å². The standard InChI is InChI=1S/2C12H11.Fe/c2*1-10-6-8-12(9-7-10)11-4-2-3-5-11;/h2*4-9H,2H2,1H3;/q2*-1;+2. The second-order valence-corrected chi connectivity index (χ2v) is 6.16. The molecule has 4 rings (SSSR count). The fraction of sp³-hybridized carbons (Fsp3) is 0.167. The molecule has 0 radical (unpaired) electrons. The molecule has 126 valence electrons. The third kappa shape index (κ3) is 5.46. The van der Waals surface area contributed by atoms with Crippen molar-refractivity contribution in [1.82, 2.24) is 0 Å². The number of benzene rings is 2. The van der Waals surface area contributed by atoms with E-state index in [0.717, 1.165) is 12.8 Å². The van der Waals surface area contributed by atoms with E-state index >= 15 is 0 Å². The van der Waals surface area contributed by atoms with Gasteiger partial charge in [0.25, 0.3) is 0 Å². The molecule has 0 saturated carbocycles. The van der Waals surface area contributed by atoms with Gasteiger partial charge in [-0.15, -0.1) is 24.0 Å². The summed E-state index contributed by atoms with van der Waals surface area (Å²) in [6.07, 6.45) is 16.8. The van der Waals surface area contributed by atoms with E-state index in [9.17, 15) is 0 Å². The van der Waals surface area contributed by atoms with E-state index in [1.807, 2.05) is 0 Å². The molecular weight excluding hydrogens is 344 g/mol. The van der Waals surface area contributed by atoms with E-state index in [1.165, 1.54) is 33.4 Å². The Labute approximate surface area is 162 Å². The van der Waals surface area contributed by atoms with Crippen LogP contribution in [0.4, 0.5) is 0 Å².